The smallest absolute Gasteiger partial charge is 0.406 e. The van der Waals surface area contributed by atoms with Crippen LogP contribution in [0.5, 0.6) is 0 Å². The summed E-state index contributed by atoms with van der Waals surface area (Å²) in [5, 5.41) is 0. The third-order valence-corrected chi connectivity index (χ3v) is 2.37. The zero-order valence-electron chi connectivity index (χ0n) is 12.2. The van der Waals surface area contributed by atoms with Crippen LogP contribution in [0.25, 0.3) is 0 Å². The first-order valence-corrected chi connectivity index (χ1v) is 7.03. The number of nitrogens with two attached hydrogens (primary N) is 1. The molecule has 0 heterocycles. The highest BCUT2D eigenvalue weighted by atomic mass is 17.2. The summed E-state index contributed by atoms with van der Waals surface area (Å²) in [4.78, 5) is 21.0. The van der Waals surface area contributed by atoms with E-state index in [1.54, 1.807) is 0 Å². The van der Waals surface area contributed by atoms with Crippen molar-refractivity contribution in [1.82, 2.24) is 0 Å². The van der Waals surface area contributed by atoms with E-state index in [9.17, 15) is 4.79 Å². The molecule has 0 saturated heterocycles. The van der Waals surface area contributed by atoms with E-state index < -0.39 is 18.7 Å². The van der Waals surface area contributed by atoms with Crippen LogP contribution in [0.2, 0.25) is 0 Å². The van der Waals surface area contributed by atoms with Crippen LogP contribution in [0.3, 0.4) is 0 Å². The Kier molecular flexibility index (Phi) is 11.7. The molecule has 0 aliphatic heterocycles. The summed E-state index contributed by atoms with van der Waals surface area (Å²) in [6.45, 7) is 6.69. The standard InChI is InChI=1S/C13H27NO5/c1-4-7-10-16-11(8-5-2)18-19-12(9-6-3)17-13(14)15/h11-12H,4-10H2,1-3H3,(H2,14,15). The fraction of sp³-hybridized carbons (Fsp3) is 0.923. The lowest BCUT2D eigenvalue weighted by molar-refractivity contribution is -0.428. The zero-order valence-corrected chi connectivity index (χ0v) is 12.2. The lowest BCUT2D eigenvalue weighted by Gasteiger charge is -2.20. The topological polar surface area (TPSA) is 80.0 Å². The first-order chi connectivity index (χ1) is 9.13. The van der Waals surface area contributed by atoms with Gasteiger partial charge in [0.25, 0.3) is 0 Å². The second-order valence-electron chi connectivity index (χ2n) is 4.29. The van der Waals surface area contributed by atoms with Gasteiger partial charge in [-0.2, -0.15) is 4.89 Å². The van der Waals surface area contributed by atoms with E-state index >= 15 is 0 Å². The fourth-order valence-electron chi connectivity index (χ4n) is 1.37. The first kappa shape index (κ1) is 18.1. The number of amides is 1. The maximum atomic E-state index is 10.7. The normalized spacial score (nSPS) is 14.1. The Labute approximate surface area is 115 Å². The van der Waals surface area contributed by atoms with Crippen LogP contribution < -0.4 is 5.73 Å². The van der Waals surface area contributed by atoms with Gasteiger partial charge < -0.3 is 15.2 Å². The molecule has 0 radical (unpaired) electrons. The Morgan fingerprint density at radius 1 is 1.00 bits per heavy atom. The third-order valence-electron chi connectivity index (χ3n) is 2.37. The van der Waals surface area contributed by atoms with Gasteiger partial charge >= 0.3 is 6.09 Å². The Balaban J connectivity index is 4.04. The van der Waals surface area contributed by atoms with E-state index in [0.717, 1.165) is 32.1 Å². The summed E-state index contributed by atoms with van der Waals surface area (Å²) in [6.07, 6.45) is 2.88. The Morgan fingerprint density at radius 3 is 2.11 bits per heavy atom. The number of ether oxygens (including phenoxy) is 2. The highest BCUT2D eigenvalue weighted by molar-refractivity contribution is 5.64. The monoisotopic (exact) mass is 277 g/mol. The maximum absolute atomic E-state index is 10.7. The van der Waals surface area contributed by atoms with Crippen molar-refractivity contribution < 1.29 is 24.0 Å². The van der Waals surface area contributed by atoms with Crippen molar-refractivity contribution in [2.24, 2.45) is 5.73 Å². The van der Waals surface area contributed by atoms with Crippen molar-refractivity contribution in [1.29, 1.82) is 0 Å². The predicted molar refractivity (Wildman–Crippen MR) is 71.1 cm³/mol. The summed E-state index contributed by atoms with van der Waals surface area (Å²) in [5.41, 5.74) is 4.96. The number of carbonyl (C=O) groups excluding carboxylic acids is 1. The Hall–Kier alpha value is -0.850. The van der Waals surface area contributed by atoms with Crippen molar-refractivity contribution in [3.8, 4) is 0 Å². The lowest BCUT2D eigenvalue weighted by Crippen LogP contribution is -2.28. The molecule has 0 spiro atoms. The molecule has 0 saturated carbocycles. The molecule has 2 unspecified atom stereocenters. The average molecular weight is 277 g/mol. The van der Waals surface area contributed by atoms with Gasteiger partial charge in [0.15, 0.2) is 6.29 Å². The molecule has 0 aromatic carbocycles. The van der Waals surface area contributed by atoms with E-state index in [1.807, 2.05) is 13.8 Å². The number of carbonyl (C=O) groups is 1. The minimum atomic E-state index is -0.874. The largest absolute Gasteiger partial charge is 0.417 e. The number of unbranched alkanes of at least 4 members (excludes halogenated alkanes) is 1. The molecule has 1 amide bonds. The molecule has 0 aromatic rings. The van der Waals surface area contributed by atoms with Crippen LogP contribution in [0.4, 0.5) is 4.79 Å². The second-order valence-corrected chi connectivity index (χ2v) is 4.29. The minimum absolute atomic E-state index is 0.438. The summed E-state index contributed by atoms with van der Waals surface area (Å²) in [6, 6.07) is 0. The molecule has 0 rings (SSSR count). The number of rotatable bonds is 12. The molecular weight excluding hydrogens is 250 g/mol. The molecule has 0 aromatic heterocycles. The first-order valence-electron chi connectivity index (χ1n) is 7.03. The van der Waals surface area contributed by atoms with Crippen LogP contribution in [-0.2, 0) is 19.2 Å². The summed E-state index contributed by atoms with van der Waals surface area (Å²) in [7, 11) is 0. The molecule has 2 atom stereocenters. The molecule has 114 valence electrons. The number of hydrogen-bond acceptors (Lipinski definition) is 5. The highest BCUT2D eigenvalue weighted by Crippen LogP contribution is 2.11. The maximum Gasteiger partial charge on any atom is 0.406 e. The van der Waals surface area contributed by atoms with Gasteiger partial charge in [0.1, 0.15) is 0 Å². The van der Waals surface area contributed by atoms with Gasteiger partial charge in [-0.15, -0.1) is 0 Å². The van der Waals surface area contributed by atoms with E-state index in [2.05, 4.69) is 6.92 Å². The van der Waals surface area contributed by atoms with Crippen molar-refractivity contribution in [2.75, 3.05) is 6.61 Å². The van der Waals surface area contributed by atoms with Gasteiger partial charge in [0.2, 0.25) is 6.29 Å². The van der Waals surface area contributed by atoms with E-state index in [-0.39, 0.29) is 0 Å². The van der Waals surface area contributed by atoms with Gasteiger partial charge in [0.05, 0.1) is 0 Å². The van der Waals surface area contributed by atoms with Crippen LogP contribution in [-0.4, -0.2) is 25.3 Å². The van der Waals surface area contributed by atoms with Crippen LogP contribution in [0.1, 0.15) is 59.3 Å². The molecular formula is C13H27NO5. The van der Waals surface area contributed by atoms with Gasteiger partial charge in [-0.25, -0.2) is 9.68 Å². The highest BCUT2D eigenvalue weighted by Gasteiger charge is 2.17. The summed E-state index contributed by atoms with van der Waals surface area (Å²) in [5.74, 6) is 0. The zero-order chi connectivity index (χ0) is 14.5. The summed E-state index contributed by atoms with van der Waals surface area (Å²) < 4.78 is 10.3. The van der Waals surface area contributed by atoms with Crippen LogP contribution in [0, 0.1) is 0 Å². The molecule has 0 bridgehead atoms. The quantitative estimate of drug-likeness (QED) is 0.256. The van der Waals surface area contributed by atoms with Gasteiger partial charge in [0, 0.05) is 19.4 Å². The molecule has 19 heavy (non-hydrogen) atoms. The molecule has 0 fully saturated rings. The predicted octanol–water partition coefficient (Wildman–Crippen LogP) is 3.10. The molecule has 6 heteroatoms. The van der Waals surface area contributed by atoms with E-state index in [1.165, 1.54) is 0 Å². The third kappa shape index (κ3) is 10.7. The minimum Gasteiger partial charge on any atom is -0.417 e. The van der Waals surface area contributed by atoms with E-state index in [0.29, 0.717) is 13.0 Å². The fourth-order valence-corrected chi connectivity index (χ4v) is 1.37. The molecule has 2 N–H and O–H groups in total. The van der Waals surface area contributed by atoms with Crippen molar-refractivity contribution in [3.63, 3.8) is 0 Å². The number of hydrogen-bond donors (Lipinski definition) is 1. The van der Waals surface area contributed by atoms with Gasteiger partial charge in [-0.1, -0.05) is 40.0 Å². The Bertz CT molecular complexity index is 225. The summed E-state index contributed by atoms with van der Waals surface area (Å²) >= 11 is 0. The van der Waals surface area contributed by atoms with Crippen molar-refractivity contribution in [2.45, 2.75) is 71.9 Å². The van der Waals surface area contributed by atoms with Gasteiger partial charge in [-0.3, -0.25) is 0 Å². The SMILES string of the molecule is CCCCOC(CCC)OOC(CCC)OC(N)=O. The molecule has 0 aliphatic rings. The van der Waals surface area contributed by atoms with Crippen LogP contribution >= 0.6 is 0 Å². The molecule has 6 nitrogen and oxygen atoms in total. The Morgan fingerprint density at radius 2 is 1.58 bits per heavy atom. The van der Waals surface area contributed by atoms with Crippen molar-refractivity contribution in [3.05, 3.63) is 0 Å². The van der Waals surface area contributed by atoms with Crippen LogP contribution in [0.15, 0.2) is 0 Å². The lowest BCUT2D eigenvalue weighted by atomic mass is 10.3. The van der Waals surface area contributed by atoms with E-state index in [4.69, 9.17) is 25.0 Å². The second kappa shape index (κ2) is 12.2. The van der Waals surface area contributed by atoms with Crippen molar-refractivity contribution >= 4 is 6.09 Å². The van der Waals surface area contributed by atoms with Gasteiger partial charge in [-0.05, 0) is 6.42 Å². The molecule has 0 aliphatic carbocycles. The number of primary amides is 1. The average Bonchev–Trinajstić information content (AvgIpc) is 2.35.